The van der Waals surface area contributed by atoms with Crippen LogP contribution in [0.15, 0.2) is 24.3 Å². The summed E-state index contributed by atoms with van der Waals surface area (Å²) in [6.07, 6.45) is 16.7. The molecule has 0 aliphatic heterocycles. The largest absolute Gasteiger partial charge is 0.465 e. The molecule has 0 spiro atoms. The van der Waals surface area contributed by atoms with Gasteiger partial charge in [0.05, 0.1) is 12.7 Å². The molecule has 0 unspecified atom stereocenters. The number of methoxy groups -OCH3 is 1. The summed E-state index contributed by atoms with van der Waals surface area (Å²) in [5, 5.41) is 0. The van der Waals surface area contributed by atoms with Crippen LogP contribution < -0.4 is 0 Å². The van der Waals surface area contributed by atoms with Crippen molar-refractivity contribution in [2.75, 3.05) is 7.11 Å². The zero-order chi connectivity index (χ0) is 17.9. The van der Waals surface area contributed by atoms with E-state index in [0.29, 0.717) is 5.56 Å². The Labute approximate surface area is 154 Å². The van der Waals surface area contributed by atoms with Crippen LogP contribution in [-0.2, 0) is 11.2 Å². The predicted octanol–water partition coefficient (Wildman–Crippen LogP) is 6.57. The molecule has 0 bridgehead atoms. The Morgan fingerprint density at radius 3 is 2.12 bits per heavy atom. The van der Waals surface area contributed by atoms with Crippen LogP contribution in [0.4, 0.5) is 0 Å². The Balaban J connectivity index is 1.61. The van der Waals surface area contributed by atoms with Crippen LogP contribution in [0, 0.1) is 11.8 Å². The lowest BCUT2D eigenvalue weighted by Crippen LogP contribution is -2.15. The lowest BCUT2D eigenvalue weighted by atomic mass is 9.77. The van der Waals surface area contributed by atoms with Crippen molar-refractivity contribution in [2.45, 2.75) is 84.0 Å². The molecule has 1 saturated carbocycles. The fourth-order valence-corrected chi connectivity index (χ4v) is 4.14. The summed E-state index contributed by atoms with van der Waals surface area (Å²) in [6, 6.07) is 7.93. The molecular formula is C23H36O2. The zero-order valence-corrected chi connectivity index (χ0v) is 16.3. The van der Waals surface area contributed by atoms with E-state index in [1.165, 1.54) is 83.3 Å². The van der Waals surface area contributed by atoms with E-state index in [-0.39, 0.29) is 5.97 Å². The number of hydrogen-bond donors (Lipinski definition) is 0. The van der Waals surface area contributed by atoms with Crippen molar-refractivity contribution in [2.24, 2.45) is 11.8 Å². The van der Waals surface area contributed by atoms with Gasteiger partial charge in [-0.3, -0.25) is 0 Å². The van der Waals surface area contributed by atoms with Crippen LogP contribution in [0.5, 0.6) is 0 Å². The predicted molar refractivity (Wildman–Crippen MR) is 105 cm³/mol. The van der Waals surface area contributed by atoms with Crippen LogP contribution in [0.3, 0.4) is 0 Å². The van der Waals surface area contributed by atoms with E-state index in [1.807, 2.05) is 12.1 Å². The van der Waals surface area contributed by atoms with Gasteiger partial charge in [-0.1, -0.05) is 83.3 Å². The quantitative estimate of drug-likeness (QED) is 0.354. The molecule has 2 rings (SSSR count). The van der Waals surface area contributed by atoms with Gasteiger partial charge in [0.1, 0.15) is 0 Å². The van der Waals surface area contributed by atoms with Crippen molar-refractivity contribution in [1.82, 2.24) is 0 Å². The topological polar surface area (TPSA) is 26.3 Å². The Morgan fingerprint density at radius 2 is 1.52 bits per heavy atom. The number of ether oxygens (including phenoxy) is 1. The van der Waals surface area contributed by atoms with Gasteiger partial charge in [-0.2, -0.15) is 0 Å². The van der Waals surface area contributed by atoms with Gasteiger partial charge in [0.25, 0.3) is 0 Å². The van der Waals surface area contributed by atoms with E-state index in [0.717, 1.165) is 18.3 Å². The van der Waals surface area contributed by atoms with E-state index in [2.05, 4.69) is 19.1 Å². The van der Waals surface area contributed by atoms with Crippen molar-refractivity contribution in [3.8, 4) is 0 Å². The summed E-state index contributed by atoms with van der Waals surface area (Å²) in [6.45, 7) is 2.29. The smallest absolute Gasteiger partial charge is 0.337 e. The van der Waals surface area contributed by atoms with E-state index in [4.69, 9.17) is 4.74 Å². The summed E-state index contributed by atoms with van der Waals surface area (Å²) < 4.78 is 4.75. The molecule has 0 atom stereocenters. The van der Waals surface area contributed by atoms with E-state index in [9.17, 15) is 4.79 Å². The maximum Gasteiger partial charge on any atom is 0.337 e. The van der Waals surface area contributed by atoms with Crippen LogP contribution in [0.2, 0.25) is 0 Å². The SMILES string of the molecule is CCCCCCC[C@H]1CC[C@H](CCc2ccc(C(=O)OC)cc2)CC1. The van der Waals surface area contributed by atoms with Crippen LogP contribution in [0.1, 0.15) is 93.5 Å². The summed E-state index contributed by atoms with van der Waals surface area (Å²) in [5.41, 5.74) is 1.98. The molecule has 1 fully saturated rings. The molecule has 0 saturated heterocycles. The minimum Gasteiger partial charge on any atom is -0.465 e. The van der Waals surface area contributed by atoms with Gasteiger partial charge >= 0.3 is 5.97 Å². The third kappa shape index (κ3) is 7.22. The molecule has 2 heteroatoms. The molecule has 1 aromatic rings. The number of hydrogen-bond acceptors (Lipinski definition) is 2. The number of esters is 1. The third-order valence-electron chi connectivity index (χ3n) is 5.90. The molecule has 1 aromatic carbocycles. The Morgan fingerprint density at radius 1 is 0.920 bits per heavy atom. The zero-order valence-electron chi connectivity index (χ0n) is 16.3. The number of rotatable bonds is 10. The van der Waals surface area contributed by atoms with Crippen molar-refractivity contribution in [3.63, 3.8) is 0 Å². The number of carbonyl (C=O) groups is 1. The normalized spacial score (nSPS) is 20.4. The lowest BCUT2D eigenvalue weighted by molar-refractivity contribution is 0.0600. The summed E-state index contributed by atoms with van der Waals surface area (Å²) >= 11 is 0. The molecule has 0 aromatic heterocycles. The van der Waals surface area contributed by atoms with E-state index in [1.54, 1.807) is 0 Å². The number of carbonyl (C=O) groups excluding carboxylic acids is 1. The highest BCUT2D eigenvalue weighted by molar-refractivity contribution is 5.89. The van der Waals surface area contributed by atoms with Crippen LogP contribution in [-0.4, -0.2) is 13.1 Å². The Bertz CT molecular complexity index is 483. The first-order valence-corrected chi connectivity index (χ1v) is 10.4. The minimum absolute atomic E-state index is 0.250. The molecule has 1 aliphatic carbocycles. The van der Waals surface area contributed by atoms with E-state index < -0.39 is 0 Å². The highest BCUT2D eigenvalue weighted by Crippen LogP contribution is 2.34. The fourth-order valence-electron chi connectivity index (χ4n) is 4.14. The second-order valence-corrected chi connectivity index (χ2v) is 7.82. The molecule has 0 heterocycles. The number of aryl methyl sites for hydroxylation is 1. The first-order chi connectivity index (χ1) is 12.2. The fraction of sp³-hybridized carbons (Fsp3) is 0.696. The monoisotopic (exact) mass is 344 g/mol. The molecule has 1 aliphatic rings. The van der Waals surface area contributed by atoms with Crippen molar-refractivity contribution in [1.29, 1.82) is 0 Å². The second kappa shape index (κ2) is 11.3. The molecule has 25 heavy (non-hydrogen) atoms. The van der Waals surface area contributed by atoms with Gasteiger partial charge in [0.2, 0.25) is 0 Å². The molecule has 0 amide bonds. The van der Waals surface area contributed by atoms with Crippen molar-refractivity contribution in [3.05, 3.63) is 35.4 Å². The van der Waals surface area contributed by atoms with Gasteiger partial charge in [-0.05, 0) is 42.4 Å². The van der Waals surface area contributed by atoms with E-state index >= 15 is 0 Å². The highest BCUT2D eigenvalue weighted by atomic mass is 16.5. The summed E-state index contributed by atoms with van der Waals surface area (Å²) in [5.74, 6) is 1.65. The third-order valence-corrected chi connectivity index (χ3v) is 5.90. The number of unbranched alkanes of at least 4 members (excludes halogenated alkanes) is 4. The lowest BCUT2D eigenvalue weighted by Gasteiger charge is -2.28. The van der Waals surface area contributed by atoms with Crippen molar-refractivity contribution < 1.29 is 9.53 Å². The minimum atomic E-state index is -0.250. The molecule has 0 N–H and O–H groups in total. The van der Waals surface area contributed by atoms with Gasteiger partial charge in [-0.25, -0.2) is 4.79 Å². The average Bonchev–Trinajstić information content (AvgIpc) is 2.67. The Hall–Kier alpha value is -1.31. The summed E-state index contributed by atoms with van der Waals surface area (Å²) in [7, 11) is 1.43. The van der Waals surface area contributed by atoms with Crippen molar-refractivity contribution >= 4 is 5.97 Å². The van der Waals surface area contributed by atoms with Crippen LogP contribution in [0.25, 0.3) is 0 Å². The maximum absolute atomic E-state index is 11.5. The molecular weight excluding hydrogens is 308 g/mol. The maximum atomic E-state index is 11.5. The van der Waals surface area contributed by atoms with Gasteiger partial charge in [-0.15, -0.1) is 0 Å². The molecule has 0 radical (unpaired) electrons. The molecule has 2 nitrogen and oxygen atoms in total. The highest BCUT2D eigenvalue weighted by Gasteiger charge is 2.20. The van der Waals surface area contributed by atoms with Gasteiger partial charge < -0.3 is 4.74 Å². The number of benzene rings is 1. The summed E-state index contributed by atoms with van der Waals surface area (Å²) in [4.78, 5) is 11.5. The second-order valence-electron chi connectivity index (χ2n) is 7.82. The first kappa shape index (κ1) is 20.0. The van der Waals surface area contributed by atoms with Crippen LogP contribution >= 0.6 is 0 Å². The van der Waals surface area contributed by atoms with Gasteiger partial charge in [0, 0.05) is 0 Å². The van der Waals surface area contributed by atoms with Gasteiger partial charge in [0.15, 0.2) is 0 Å². The molecule has 140 valence electrons. The first-order valence-electron chi connectivity index (χ1n) is 10.4. The average molecular weight is 345 g/mol. The standard InChI is InChI=1S/C23H36O2/c1-3-4-5-6-7-8-19-9-11-20(12-10-19)13-14-21-15-17-22(18-16-21)23(24)25-2/h15-20H,3-14H2,1-2H3/t19-,20-. The Kier molecular flexibility index (Phi) is 9.07.